The molecule has 0 aromatic heterocycles. The highest BCUT2D eigenvalue weighted by Gasteiger charge is 2.16. The third kappa shape index (κ3) is 3.32. The summed E-state index contributed by atoms with van der Waals surface area (Å²) < 4.78 is 0. The zero-order valence-electron chi connectivity index (χ0n) is 11.2. The van der Waals surface area contributed by atoms with E-state index in [1.165, 1.54) is 0 Å². The Kier molecular flexibility index (Phi) is 4.31. The normalized spacial score (nSPS) is 11.8. The summed E-state index contributed by atoms with van der Waals surface area (Å²) in [6, 6.07) is 17.1. The molecule has 20 heavy (non-hydrogen) atoms. The Balaban J connectivity index is 2.12. The van der Waals surface area contributed by atoms with E-state index in [1.807, 2.05) is 42.5 Å². The number of carboxylic acids is 1. The van der Waals surface area contributed by atoms with Gasteiger partial charge in [-0.1, -0.05) is 61.5 Å². The summed E-state index contributed by atoms with van der Waals surface area (Å²) in [5, 5.41) is 8.82. The second-order valence-corrected chi connectivity index (χ2v) is 4.81. The van der Waals surface area contributed by atoms with Gasteiger partial charge in [-0.2, -0.15) is 0 Å². The summed E-state index contributed by atoms with van der Waals surface area (Å²) in [5.41, 5.74) is 2.68. The van der Waals surface area contributed by atoms with Crippen LogP contribution in [0.4, 0.5) is 0 Å². The molecule has 0 fully saturated rings. The predicted molar refractivity (Wildman–Crippen MR) is 77.6 cm³/mol. The van der Waals surface area contributed by atoms with Gasteiger partial charge < -0.3 is 5.11 Å². The number of Topliss-reactive ketones (excluding diaryl/α,β-unsaturated/α-hetero) is 1. The van der Waals surface area contributed by atoms with Crippen LogP contribution < -0.4 is 0 Å². The van der Waals surface area contributed by atoms with Gasteiger partial charge in [-0.05, 0) is 11.1 Å². The fraction of sp³-hybridized carbons (Fsp3) is 0.176. The molecule has 2 aromatic carbocycles. The van der Waals surface area contributed by atoms with Gasteiger partial charge in [0.05, 0.1) is 5.92 Å². The molecule has 0 heterocycles. The van der Waals surface area contributed by atoms with Gasteiger partial charge in [0.15, 0.2) is 5.78 Å². The van der Waals surface area contributed by atoms with E-state index in [2.05, 4.69) is 0 Å². The fourth-order valence-corrected chi connectivity index (χ4v) is 1.96. The maximum Gasteiger partial charge on any atom is 0.306 e. The van der Waals surface area contributed by atoms with Crippen molar-refractivity contribution in [1.29, 1.82) is 0 Å². The minimum Gasteiger partial charge on any atom is -0.481 e. The Morgan fingerprint density at radius 2 is 1.50 bits per heavy atom. The van der Waals surface area contributed by atoms with E-state index >= 15 is 0 Å². The highest BCUT2D eigenvalue weighted by Crippen LogP contribution is 2.20. The van der Waals surface area contributed by atoms with E-state index in [1.54, 1.807) is 19.1 Å². The summed E-state index contributed by atoms with van der Waals surface area (Å²) in [6.45, 7) is 1.54. The van der Waals surface area contributed by atoms with Crippen LogP contribution in [0, 0.1) is 5.92 Å². The monoisotopic (exact) mass is 268 g/mol. The molecule has 0 amide bonds. The van der Waals surface area contributed by atoms with Gasteiger partial charge in [-0.25, -0.2) is 0 Å². The van der Waals surface area contributed by atoms with Crippen molar-refractivity contribution in [1.82, 2.24) is 0 Å². The lowest BCUT2D eigenvalue weighted by atomic mass is 9.97. The number of hydrogen-bond donors (Lipinski definition) is 1. The van der Waals surface area contributed by atoms with Crippen LogP contribution in [0.1, 0.15) is 23.7 Å². The second kappa shape index (κ2) is 6.15. The first-order chi connectivity index (χ1) is 9.58. The topological polar surface area (TPSA) is 54.4 Å². The Labute approximate surface area is 117 Å². The van der Waals surface area contributed by atoms with E-state index in [0.717, 1.165) is 11.1 Å². The molecule has 3 heteroatoms. The Hall–Kier alpha value is -2.42. The van der Waals surface area contributed by atoms with Crippen molar-refractivity contribution in [3.05, 3.63) is 60.2 Å². The van der Waals surface area contributed by atoms with Crippen LogP contribution in [-0.4, -0.2) is 16.9 Å². The molecular weight excluding hydrogens is 252 g/mol. The Morgan fingerprint density at radius 3 is 2.05 bits per heavy atom. The molecule has 0 saturated heterocycles. The number of carbonyl (C=O) groups excluding carboxylic acids is 1. The van der Waals surface area contributed by atoms with Crippen LogP contribution in [0.15, 0.2) is 54.6 Å². The van der Waals surface area contributed by atoms with E-state index in [0.29, 0.717) is 5.56 Å². The molecule has 0 aliphatic carbocycles. The van der Waals surface area contributed by atoms with Gasteiger partial charge in [-0.15, -0.1) is 0 Å². The van der Waals surface area contributed by atoms with Crippen molar-refractivity contribution in [3.63, 3.8) is 0 Å². The molecule has 2 aromatic rings. The van der Waals surface area contributed by atoms with Gasteiger partial charge in [-0.3, -0.25) is 9.59 Å². The van der Waals surface area contributed by atoms with E-state index < -0.39 is 11.9 Å². The van der Waals surface area contributed by atoms with Crippen molar-refractivity contribution < 1.29 is 14.7 Å². The van der Waals surface area contributed by atoms with Crippen LogP contribution in [0.3, 0.4) is 0 Å². The largest absolute Gasteiger partial charge is 0.481 e. The maximum atomic E-state index is 11.9. The molecule has 102 valence electrons. The molecule has 3 nitrogen and oxygen atoms in total. The fourth-order valence-electron chi connectivity index (χ4n) is 1.96. The maximum absolute atomic E-state index is 11.9. The van der Waals surface area contributed by atoms with Crippen LogP contribution in [-0.2, 0) is 4.79 Å². The molecule has 0 bridgehead atoms. The summed E-state index contributed by atoms with van der Waals surface area (Å²) in [7, 11) is 0. The highest BCUT2D eigenvalue weighted by molar-refractivity contribution is 5.98. The van der Waals surface area contributed by atoms with Gasteiger partial charge in [0, 0.05) is 12.0 Å². The SMILES string of the molecule is CC(CC(=O)c1ccc(-c2ccccc2)cc1)C(=O)O. The molecule has 0 aliphatic heterocycles. The number of hydrogen-bond acceptors (Lipinski definition) is 2. The van der Waals surface area contributed by atoms with Crippen LogP contribution in [0.5, 0.6) is 0 Å². The number of carboxylic acid groups (broad SMARTS) is 1. The van der Waals surface area contributed by atoms with Crippen molar-refractivity contribution >= 4 is 11.8 Å². The minimum absolute atomic E-state index is 0.0278. The zero-order chi connectivity index (χ0) is 14.5. The van der Waals surface area contributed by atoms with Crippen molar-refractivity contribution in [3.8, 4) is 11.1 Å². The number of aliphatic carboxylic acids is 1. The second-order valence-electron chi connectivity index (χ2n) is 4.81. The first kappa shape index (κ1) is 14.0. The van der Waals surface area contributed by atoms with Gasteiger partial charge in [0.1, 0.15) is 0 Å². The predicted octanol–water partition coefficient (Wildman–Crippen LogP) is 3.65. The molecule has 1 N–H and O–H groups in total. The smallest absolute Gasteiger partial charge is 0.306 e. The summed E-state index contributed by atoms with van der Waals surface area (Å²) in [6.07, 6.45) is 0.0278. The van der Waals surface area contributed by atoms with Crippen molar-refractivity contribution in [2.75, 3.05) is 0 Å². The van der Waals surface area contributed by atoms with Crippen LogP contribution >= 0.6 is 0 Å². The van der Waals surface area contributed by atoms with E-state index in [4.69, 9.17) is 5.11 Å². The third-order valence-corrected chi connectivity index (χ3v) is 3.23. The first-order valence-electron chi connectivity index (χ1n) is 6.49. The highest BCUT2D eigenvalue weighted by atomic mass is 16.4. The first-order valence-corrected chi connectivity index (χ1v) is 6.49. The number of benzene rings is 2. The van der Waals surface area contributed by atoms with Gasteiger partial charge in [0.25, 0.3) is 0 Å². The van der Waals surface area contributed by atoms with Crippen molar-refractivity contribution in [2.45, 2.75) is 13.3 Å². The molecule has 2 rings (SSSR count). The Morgan fingerprint density at radius 1 is 0.950 bits per heavy atom. The quantitative estimate of drug-likeness (QED) is 0.842. The van der Waals surface area contributed by atoms with E-state index in [9.17, 15) is 9.59 Å². The minimum atomic E-state index is -0.945. The third-order valence-electron chi connectivity index (χ3n) is 3.23. The molecule has 1 unspecified atom stereocenters. The summed E-state index contributed by atoms with van der Waals surface area (Å²) >= 11 is 0. The zero-order valence-corrected chi connectivity index (χ0v) is 11.2. The standard InChI is InChI=1S/C17H16O3/c1-12(17(19)20)11-16(18)15-9-7-14(8-10-15)13-5-3-2-4-6-13/h2-10,12H,11H2,1H3,(H,19,20). The van der Waals surface area contributed by atoms with Crippen LogP contribution in [0.2, 0.25) is 0 Å². The van der Waals surface area contributed by atoms with Gasteiger partial charge in [0.2, 0.25) is 0 Å². The molecule has 0 radical (unpaired) electrons. The average Bonchev–Trinajstić information content (AvgIpc) is 2.48. The number of rotatable bonds is 5. The lowest BCUT2D eigenvalue weighted by molar-refractivity contribution is -0.141. The average molecular weight is 268 g/mol. The number of ketones is 1. The molecular formula is C17H16O3. The molecule has 0 spiro atoms. The summed E-state index contributed by atoms with van der Waals surface area (Å²) in [4.78, 5) is 22.7. The van der Waals surface area contributed by atoms with Gasteiger partial charge >= 0.3 is 5.97 Å². The lowest BCUT2D eigenvalue weighted by Crippen LogP contribution is -2.14. The number of carbonyl (C=O) groups is 2. The Bertz CT molecular complexity index is 600. The lowest BCUT2D eigenvalue weighted by Gasteiger charge is -2.06. The molecule has 0 aliphatic rings. The summed E-state index contributed by atoms with van der Waals surface area (Å²) in [5.74, 6) is -1.74. The molecule has 1 atom stereocenters. The van der Waals surface area contributed by atoms with Crippen molar-refractivity contribution in [2.24, 2.45) is 5.92 Å². The van der Waals surface area contributed by atoms with E-state index in [-0.39, 0.29) is 12.2 Å². The van der Waals surface area contributed by atoms with Crippen LogP contribution in [0.25, 0.3) is 11.1 Å². The molecule has 0 saturated carbocycles.